The second kappa shape index (κ2) is 9.49. The van der Waals surface area contributed by atoms with Gasteiger partial charge < -0.3 is 9.32 Å². The lowest BCUT2D eigenvalue weighted by atomic mass is 10.2. The van der Waals surface area contributed by atoms with Crippen LogP contribution in [-0.2, 0) is 23.5 Å². The maximum atomic E-state index is 12.7. The van der Waals surface area contributed by atoms with E-state index < -0.39 is 0 Å². The third kappa shape index (κ3) is 5.80. The van der Waals surface area contributed by atoms with Crippen molar-refractivity contribution in [3.63, 3.8) is 0 Å². The average Bonchev–Trinajstić information content (AvgIpc) is 3.33. The van der Waals surface area contributed by atoms with Crippen LogP contribution >= 0.6 is 23.1 Å². The van der Waals surface area contributed by atoms with E-state index in [1.165, 1.54) is 10.4 Å². The van der Waals surface area contributed by atoms with Crippen LogP contribution in [0.1, 0.15) is 16.0 Å². The molecule has 0 bridgehead atoms. The Labute approximate surface area is 156 Å². The fourth-order valence-electron chi connectivity index (χ4n) is 2.52. The maximum absolute atomic E-state index is 12.7. The summed E-state index contributed by atoms with van der Waals surface area (Å²) in [6, 6.07) is 16.4. The molecule has 3 aromatic rings. The minimum absolute atomic E-state index is 0.179. The number of benzene rings is 1. The summed E-state index contributed by atoms with van der Waals surface area (Å²) in [6.07, 6.45) is 4.26. The first kappa shape index (κ1) is 17.8. The van der Waals surface area contributed by atoms with Crippen molar-refractivity contribution in [1.29, 1.82) is 0 Å². The summed E-state index contributed by atoms with van der Waals surface area (Å²) in [5.74, 6) is 1.53. The smallest absolute Gasteiger partial charge is 0.232 e. The number of carbonyl (C=O) groups is 1. The molecule has 0 N–H and O–H groups in total. The Hall–Kier alpha value is -1.98. The lowest BCUT2D eigenvalue weighted by Gasteiger charge is -2.22. The molecule has 2 heterocycles. The van der Waals surface area contributed by atoms with Gasteiger partial charge in [-0.15, -0.1) is 23.1 Å². The summed E-state index contributed by atoms with van der Waals surface area (Å²) < 4.78 is 5.14. The molecule has 3 rings (SSSR count). The van der Waals surface area contributed by atoms with E-state index in [4.69, 9.17) is 4.42 Å². The Balaban J connectivity index is 1.54. The van der Waals surface area contributed by atoms with E-state index in [-0.39, 0.29) is 5.91 Å². The predicted octanol–water partition coefficient (Wildman–Crippen LogP) is 4.85. The van der Waals surface area contributed by atoms with E-state index >= 15 is 0 Å². The molecule has 0 unspecified atom stereocenters. The van der Waals surface area contributed by atoms with Gasteiger partial charge >= 0.3 is 0 Å². The van der Waals surface area contributed by atoms with Crippen molar-refractivity contribution in [2.75, 3.05) is 12.3 Å². The molecule has 3 nitrogen and oxygen atoms in total. The summed E-state index contributed by atoms with van der Waals surface area (Å²) >= 11 is 3.40. The highest BCUT2D eigenvalue weighted by Crippen LogP contribution is 2.16. The molecule has 2 aromatic heterocycles. The van der Waals surface area contributed by atoms with Gasteiger partial charge in [-0.25, -0.2) is 0 Å². The second-order valence-electron chi connectivity index (χ2n) is 5.75. The highest BCUT2D eigenvalue weighted by molar-refractivity contribution is 7.99. The zero-order valence-corrected chi connectivity index (χ0v) is 15.6. The number of thiophene rings is 1. The van der Waals surface area contributed by atoms with Crippen molar-refractivity contribution in [3.05, 3.63) is 82.4 Å². The summed E-state index contributed by atoms with van der Waals surface area (Å²) in [7, 11) is 0. The van der Waals surface area contributed by atoms with Crippen molar-refractivity contribution in [1.82, 2.24) is 4.90 Å². The van der Waals surface area contributed by atoms with Crippen LogP contribution < -0.4 is 0 Å². The van der Waals surface area contributed by atoms with Crippen molar-refractivity contribution in [2.24, 2.45) is 0 Å². The Morgan fingerprint density at radius 3 is 2.68 bits per heavy atom. The highest BCUT2D eigenvalue weighted by atomic mass is 32.2. The Kier molecular flexibility index (Phi) is 6.77. The van der Waals surface area contributed by atoms with E-state index in [0.29, 0.717) is 12.3 Å². The minimum Gasteiger partial charge on any atom is -0.472 e. The van der Waals surface area contributed by atoms with Crippen LogP contribution in [0.15, 0.2) is 70.9 Å². The number of thioether (sulfide) groups is 1. The van der Waals surface area contributed by atoms with Crippen LogP contribution in [-0.4, -0.2) is 23.1 Å². The summed E-state index contributed by atoms with van der Waals surface area (Å²) in [4.78, 5) is 15.9. The zero-order valence-electron chi connectivity index (χ0n) is 14.0. The molecule has 5 heteroatoms. The molecule has 0 aliphatic heterocycles. The first-order chi connectivity index (χ1) is 12.3. The molecule has 0 aliphatic carbocycles. The quantitative estimate of drug-likeness (QED) is 0.539. The zero-order chi connectivity index (χ0) is 17.3. The Morgan fingerprint density at radius 1 is 1.08 bits per heavy atom. The van der Waals surface area contributed by atoms with Gasteiger partial charge in [0, 0.05) is 29.3 Å². The number of carbonyl (C=O) groups excluding carboxylic acids is 1. The van der Waals surface area contributed by atoms with Crippen molar-refractivity contribution < 1.29 is 9.21 Å². The van der Waals surface area contributed by atoms with Gasteiger partial charge in [-0.3, -0.25) is 4.79 Å². The van der Waals surface area contributed by atoms with E-state index in [0.717, 1.165) is 24.3 Å². The van der Waals surface area contributed by atoms with Crippen molar-refractivity contribution >= 4 is 29.0 Å². The van der Waals surface area contributed by atoms with Crippen LogP contribution in [0.25, 0.3) is 0 Å². The number of hydrogen-bond acceptors (Lipinski definition) is 4. The fraction of sp³-hybridized carbons (Fsp3) is 0.250. The maximum Gasteiger partial charge on any atom is 0.232 e. The number of furan rings is 1. The lowest BCUT2D eigenvalue weighted by Crippen LogP contribution is -2.33. The van der Waals surface area contributed by atoms with Crippen LogP contribution in [0.5, 0.6) is 0 Å². The topological polar surface area (TPSA) is 33.5 Å². The van der Waals surface area contributed by atoms with Crippen LogP contribution in [0, 0.1) is 0 Å². The van der Waals surface area contributed by atoms with Crippen LogP contribution in [0.3, 0.4) is 0 Å². The van der Waals surface area contributed by atoms with Crippen LogP contribution in [0.2, 0.25) is 0 Å². The molecule has 0 saturated carbocycles. The summed E-state index contributed by atoms with van der Waals surface area (Å²) in [6.45, 7) is 1.34. The molecule has 0 spiro atoms. The van der Waals surface area contributed by atoms with Gasteiger partial charge in [0.1, 0.15) is 0 Å². The van der Waals surface area contributed by atoms with Crippen molar-refractivity contribution in [2.45, 2.75) is 18.7 Å². The molecule has 25 heavy (non-hydrogen) atoms. The van der Waals surface area contributed by atoms with Crippen LogP contribution in [0.4, 0.5) is 0 Å². The van der Waals surface area contributed by atoms with E-state index in [2.05, 4.69) is 29.6 Å². The normalized spacial score (nSPS) is 10.7. The molecule has 1 amide bonds. The largest absolute Gasteiger partial charge is 0.472 e. The Morgan fingerprint density at radius 2 is 1.96 bits per heavy atom. The molecule has 0 saturated heterocycles. The first-order valence-corrected chi connectivity index (χ1v) is 10.3. The van der Waals surface area contributed by atoms with Crippen molar-refractivity contribution in [3.8, 4) is 0 Å². The Bertz CT molecular complexity index is 739. The summed E-state index contributed by atoms with van der Waals surface area (Å²) in [5, 5.41) is 2.08. The molecular formula is C20H21NO2S2. The fourth-order valence-corrected chi connectivity index (χ4v) is 4.10. The van der Waals surface area contributed by atoms with Gasteiger partial charge in [-0.05, 0) is 29.5 Å². The molecule has 130 valence electrons. The number of hydrogen-bond donors (Lipinski definition) is 0. The standard InChI is InChI=1S/C20H21NO2S2/c22-20(16-24-15-17-5-2-1-3-6-17)21(13-18-9-11-23-14-18)10-8-19-7-4-12-25-19/h1-7,9,11-12,14H,8,10,13,15-16H2. The average molecular weight is 372 g/mol. The molecule has 1 aromatic carbocycles. The third-order valence-electron chi connectivity index (χ3n) is 3.85. The third-order valence-corrected chi connectivity index (χ3v) is 5.78. The number of nitrogens with zero attached hydrogens (tertiary/aromatic N) is 1. The molecular weight excluding hydrogens is 350 g/mol. The molecule has 0 radical (unpaired) electrons. The summed E-state index contributed by atoms with van der Waals surface area (Å²) in [5.41, 5.74) is 2.29. The second-order valence-corrected chi connectivity index (χ2v) is 7.77. The number of amides is 1. The molecule has 0 atom stereocenters. The molecule has 0 aliphatic rings. The number of rotatable bonds is 9. The monoisotopic (exact) mass is 371 g/mol. The minimum atomic E-state index is 0.179. The SMILES string of the molecule is O=C(CSCc1ccccc1)N(CCc1cccs1)Cc1ccoc1. The molecule has 0 fully saturated rings. The van der Waals surface area contributed by atoms with E-state index in [9.17, 15) is 4.79 Å². The lowest BCUT2D eigenvalue weighted by molar-refractivity contribution is -0.128. The van der Waals surface area contributed by atoms with Gasteiger partial charge in [0.05, 0.1) is 18.3 Å². The van der Waals surface area contributed by atoms with Gasteiger partial charge in [-0.2, -0.15) is 0 Å². The van der Waals surface area contributed by atoms with Gasteiger partial charge in [0.25, 0.3) is 0 Å². The van der Waals surface area contributed by atoms with E-state index in [1.807, 2.05) is 29.2 Å². The first-order valence-electron chi connectivity index (χ1n) is 8.24. The van der Waals surface area contributed by atoms with Gasteiger partial charge in [-0.1, -0.05) is 36.4 Å². The van der Waals surface area contributed by atoms with Gasteiger partial charge in [0.15, 0.2) is 0 Å². The van der Waals surface area contributed by atoms with E-state index in [1.54, 1.807) is 35.6 Å². The van der Waals surface area contributed by atoms with Gasteiger partial charge in [0.2, 0.25) is 5.91 Å². The highest BCUT2D eigenvalue weighted by Gasteiger charge is 2.15. The predicted molar refractivity (Wildman–Crippen MR) is 105 cm³/mol.